The SMILES string of the molecule is CC(C)c1c(CC#N)nnn1CC(C)(C)CO. The van der Waals surface area contributed by atoms with Crippen LogP contribution in [0, 0.1) is 16.7 Å². The van der Waals surface area contributed by atoms with E-state index in [0.29, 0.717) is 6.54 Å². The Kier molecular flexibility index (Phi) is 4.24. The van der Waals surface area contributed by atoms with Crippen LogP contribution in [0.4, 0.5) is 0 Å². The first-order valence-corrected chi connectivity index (χ1v) is 5.81. The number of aliphatic hydroxyl groups excluding tert-OH is 1. The zero-order valence-electron chi connectivity index (χ0n) is 10.9. The van der Waals surface area contributed by atoms with Crippen LogP contribution in [0.1, 0.15) is 45.0 Å². The van der Waals surface area contributed by atoms with Gasteiger partial charge in [-0.05, 0) is 5.92 Å². The molecule has 94 valence electrons. The van der Waals surface area contributed by atoms with Crippen LogP contribution in [0.2, 0.25) is 0 Å². The van der Waals surface area contributed by atoms with Crippen LogP contribution in [0.25, 0.3) is 0 Å². The molecule has 0 saturated carbocycles. The molecule has 1 aromatic heterocycles. The number of nitrogens with zero attached hydrogens (tertiary/aromatic N) is 4. The molecule has 0 fully saturated rings. The van der Waals surface area contributed by atoms with Crippen molar-refractivity contribution >= 4 is 0 Å². The van der Waals surface area contributed by atoms with Crippen molar-refractivity contribution in [2.75, 3.05) is 6.61 Å². The van der Waals surface area contributed by atoms with E-state index in [9.17, 15) is 5.11 Å². The summed E-state index contributed by atoms with van der Waals surface area (Å²) in [7, 11) is 0. The summed E-state index contributed by atoms with van der Waals surface area (Å²) in [4.78, 5) is 0. The lowest BCUT2D eigenvalue weighted by Crippen LogP contribution is -2.26. The highest BCUT2D eigenvalue weighted by Gasteiger charge is 2.23. The van der Waals surface area contributed by atoms with E-state index in [1.807, 2.05) is 18.5 Å². The topological polar surface area (TPSA) is 74.7 Å². The Morgan fingerprint density at radius 2 is 2.12 bits per heavy atom. The molecule has 1 heterocycles. The van der Waals surface area contributed by atoms with E-state index in [1.54, 1.807) is 0 Å². The smallest absolute Gasteiger partial charge is 0.100 e. The van der Waals surface area contributed by atoms with Gasteiger partial charge in [0.1, 0.15) is 5.69 Å². The average molecular weight is 236 g/mol. The zero-order valence-corrected chi connectivity index (χ0v) is 10.9. The Balaban J connectivity index is 3.05. The predicted octanol–water partition coefficient (Wildman–Crippen LogP) is 1.49. The molecule has 5 nitrogen and oxygen atoms in total. The van der Waals surface area contributed by atoms with Crippen molar-refractivity contribution in [3.05, 3.63) is 11.4 Å². The zero-order chi connectivity index (χ0) is 13.1. The molecule has 17 heavy (non-hydrogen) atoms. The van der Waals surface area contributed by atoms with Gasteiger partial charge in [0.15, 0.2) is 0 Å². The van der Waals surface area contributed by atoms with Crippen LogP contribution < -0.4 is 0 Å². The maximum atomic E-state index is 9.28. The Morgan fingerprint density at radius 3 is 2.59 bits per heavy atom. The number of aliphatic hydroxyl groups is 1. The third-order valence-electron chi connectivity index (χ3n) is 2.65. The van der Waals surface area contributed by atoms with Gasteiger partial charge in [0.25, 0.3) is 0 Å². The molecule has 1 aromatic rings. The summed E-state index contributed by atoms with van der Waals surface area (Å²) in [6.45, 7) is 8.77. The lowest BCUT2D eigenvalue weighted by molar-refractivity contribution is 0.134. The Labute approximate surface area is 102 Å². The van der Waals surface area contributed by atoms with Crippen molar-refractivity contribution in [2.24, 2.45) is 5.41 Å². The lowest BCUT2D eigenvalue weighted by atomic mass is 9.94. The molecule has 0 aliphatic heterocycles. The van der Waals surface area contributed by atoms with Gasteiger partial charge in [-0.2, -0.15) is 5.26 Å². The average Bonchev–Trinajstić information content (AvgIpc) is 2.61. The van der Waals surface area contributed by atoms with Crippen LogP contribution in [0.5, 0.6) is 0 Å². The number of aromatic nitrogens is 3. The lowest BCUT2D eigenvalue weighted by Gasteiger charge is -2.23. The van der Waals surface area contributed by atoms with Gasteiger partial charge in [0.05, 0.1) is 24.7 Å². The van der Waals surface area contributed by atoms with Crippen molar-refractivity contribution in [1.82, 2.24) is 15.0 Å². The predicted molar refractivity (Wildman–Crippen MR) is 64.3 cm³/mol. The third-order valence-corrected chi connectivity index (χ3v) is 2.65. The molecular weight excluding hydrogens is 216 g/mol. The van der Waals surface area contributed by atoms with Crippen LogP contribution in [0.3, 0.4) is 0 Å². The molecule has 1 rings (SSSR count). The molecule has 0 unspecified atom stereocenters. The summed E-state index contributed by atoms with van der Waals surface area (Å²) < 4.78 is 1.81. The summed E-state index contributed by atoms with van der Waals surface area (Å²) >= 11 is 0. The Hall–Kier alpha value is -1.41. The molecule has 0 bridgehead atoms. The first-order chi connectivity index (χ1) is 7.91. The Morgan fingerprint density at radius 1 is 1.47 bits per heavy atom. The second-order valence-electron chi connectivity index (χ2n) is 5.39. The normalized spacial score (nSPS) is 11.8. The standard InChI is InChI=1S/C12H20N4O/c1-9(2)11-10(5-6-13)14-15-16(11)7-12(3,4)8-17/h9,17H,5,7-8H2,1-4H3. The summed E-state index contributed by atoms with van der Waals surface area (Å²) in [6.07, 6.45) is 0.285. The molecule has 0 aliphatic rings. The van der Waals surface area contributed by atoms with Gasteiger partial charge in [-0.25, -0.2) is 4.68 Å². The highest BCUT2D eigenvalue weighted by Crippen LogP contribution is 2.23. The molecule has 1 N–H and O–H groups in total. The fraction of sp³-hybridized carbons (Fsp3) is 0.750. The van der Waals surface area contributed by atoms with Crippen LogP contribution in [-0.2, 0) is 13.0 Å². The van der Waals surface area contributed by atoms with Crippen LogP contribution in [-0.4, -0.2) is 26.7 Å². The van der Waals surface area contributed by atoms with Gasteiger partial charge in [0, 0.05) is 12.0 Å². The monoisotopic (exact) mass is 236 g/mol. The van der Waals surface area contributed by atoms with E-state index in [1.165, 1.54) is 0 Å². The van der Waals surface area contributed by atoms with E-state index < -0.39 is 0 Å². The van der Waals surface area contributed by atoms with E-state index in [0.717, 1.165) is 11.4 Å². The van der Waals surface area contributed by atoms with Gasteiger partial charge in [0.2, 0.25) is 0 Å². The second-order valence-corrected chi connectivity index (χ2v) is 5.39. The number of hydrogen-bond donors (Lipinski definition) is 1. The molecule has 0 radical (unpaired) electrons. The minimum Gasteiger partial charge on any atom is -0.396 e. The first-order valence-electron chi connectivity index (χ1n) is 5.81. The summed E-state index contributed by atoms with van der Waals surface area (Å²) in [6, 6.07) is 2.10. The summed E-state index contributed by atoms with van der Waals surface area (Å²) in [5.74, 6) is 0.267. The quantitative estimate of drug-likeness (QED) is 0.840. The molecule has 0 saturated heterocycles. The van der Waals surface area contributed by atoms with Crippen molar-refractivity contribution < 1.29 is 5.11 Å². The van der Waals surface area contributed by atoms with E-state index in [4.69, 9.17) is 5.26 Å². The number of rotatable bonds is 5. The summed E-state index contributed by atoms with van der Waals surface area (Å²) in [5.41, 5.74) is 1.51. The molecule has 5 heteroatoms. The van der Waals surface area contributed by atoms with Crippen LogP contribution >= 0.6 is 0 Å². The Bertz CT molecular complexity index is 415. The van der Waals surface area contributed by atoms with Gasteiger partial charge in [-0.15, -0.1) is 5.10 Å². The van der Waals surface area contributed by atoms with Gasteiger partial charge in [-0.3, -0.25) is 0 Å². The summed E-state index contributed by atoms with van der Waals surface area (Å²) in [5, 5.41) is 26.2. The molecule has 0 spiro atoms. The van der Waals surface area contributed by atoms with Crippen LogP contribution in [0.15, 0.2) is 0 Å². The van der Waals surface area contributed by atoms with E-state index in [-0.39, 0.29) is 24.4 Å². The minimum atomic E-state index is -0.235. The molecule has 0 atom stereocenters. The molecular formula is C12H20N4O. The van der Waals surface area contributed by atoms with Gasteiger partial charge in [-0.1, -0.05) is 32.9 Å². The van der Waals surface area contributed by atoms with Crippen molar-refractivity contribution in [3.63, 3.8) is 0 Å². The maximum absolute atomic E-state index is 9.28. The highest BCUT2D eigenvalue weighted by molar-refractivity contribution is 5.17. The number of hydrogen-bond acceptors (Lipinski definition) is 4. The van der Waals surface area contributed by atoms with Gasteiger partial charge < -0.3 is 5.11 Å². The number of nitriles is 1. The largest absolute Gasteiger partial charge is 0.396 e. The second kappa shape index (κ2) is 5.28. The van der Waals surface area contributed by atoms with E-state index in [2.05, 4.69) is 30.2 Å². The fourth-order valence-corrected chi connectivity index (χ4v) is 1.76. The van der Waals surface area contributed by atoms with Crippen molar-refractivity contribution in [1.29, 1.82) is 5.26 Å². The first kappa shape index (κ1) is 13.7. The molecule has 0 aliphatic carbocycles. The van der Waals surface area contributed by atoms with E-state index >= 15 is 0 Å². The third kappa shape index (κ3) is 3.27. The molecule has 0 aromatic carbocycles. The maximum Gasteiger partial charge on any atom is 0.100 e. The molecule has 0 amide bonds. The highest BCUT2D eigenvalue weighted by atomic mass is 16.3. The fourth-order valence-electron chi connectivity index (χ4n) is 1.76. The van der Waals surface area contributed by atoms with Gasteiger partial charge >= 0.3 is 0 Å². The minimum absolute atomic E-state index is 0.0952. The van der Waals surface area contributed by atoms with Crippen molar-refractivity contribution in [3.8, 4) is 6.07 Å². The van der Waals surface area contributed by atoms with Crippen molar-refractivity contribution in [2.45, 2.75) is 46.6 Å².